The molecule has 0 spiro atoms. The van der Waals surface area contributed by atoms with Crippen LogP contribution in [0.25, 0.3) is 0 Å². The lowest BCUT2D eigenvalue weighted by Crippen LogP contribution is -2.18. The van der Waals surface area contributed by atoms with Gasteiger partial charge in [0.1, 0.15) is 5.82 Å². The molecule has 1 aliphatic rings. The standard InChI is InChI=1S/C12H15FOS/c13-10-5-4-8-12(9-10)15(14)11-6-2-1-3-7-11/h4-5,8-9,11H,1-3,6-7H2. The Bertz CT molecular complexity index is 358. The summed E-state index contributed by atoms with van der Waals surface area (Å²) >= 11 is 0. The number of hydrogen-bond acceptors (Lipinski definition) is 1. The van der Waals surface area contributed by atoms with E-state index < -0.39 is 10.8 Å². The second kappa shape index (κ2) is 4.88. The van der Waals surface area contributed by atoms with Crippen molar-refractivity contribution >= 4 is 10.8 Å². The summed E-state index contributed by atoms with van der Waals surface area (Å²) in [5, 5.41) is 0.237. The predicted molar refractivity (Wildman–Crippen MR) is 59.7 cm³/mol. The lowest BCUT2D eigenvalue weighted by molar-refractivity contribution is 0.504. The van der Waals surface area contributed by atoms with Gasteiger partial charge in [-0.3, -0.25) is 4.21 Å². The van der Waals surface area contributed by atoms with E-state index in [1.54, 1.807) is 12.1 Å². The van der Waals surface area contributed by atoms with Crippen molar-refractivity contribution in [2.24, 2.45) is 0 Å². The molecule has 1 fully saturated rings. The van der Waals surface area contributed by atoms with Crippen molar-refractivity contribution in [2.45, 2.75) is 42.2 Å². The third-order valence-corrected chi connectivity index (χ3v) is 4.68. The van der Waals surface area contributed by atoms with Crippen molar-refractivity contribution in [3.63, 3.8) is 0 Å². The first-order chi connectivity index (χ1) is 7.27. The summed E-state index contributed by atoms with van der Waals surface area (Å²) in [4.78, 5) is 0.641. The summed E-state index contributed by atoms with van der Waals surface area (Å²) in [5.41, 5.74) is 0. The fourth-order valence-corrected chi connectivity index (χ4v) is 3.65. The van der Waals surface area contributed by atoms with Crippen LogP contribution in [0.3, 0.4) is 0 Å². The topological polar surface area (TPSA) is 17.1 Å². The molecule has 15 heavy (non-hydrogen) atoms. The SMILES string of the molecule is O=S(c1cccc(F)c1)C1CCCCC1. The second-order valence-corrected chi connectivity index (χ2v) is 5.75. The van der Waals surface area contributed by atoms with Crippen molar-refractivity contribution in [2.75, 3.05) is 0 Å². The van der Waals surface area contributed by atoms with Gasteiger partial charge >= 0.3 is 0 Å². The Morgan fingerprint density at radius 1 is 1.20 bits per heavy atom. The van der Waals surface area contributed by atoms with E-state index in [1.807, 2.05) is 0 Å². The van der Waals surface area contributed by atoms with Crippen molar-refractivity contribution in [1.29, 1.82) is 0 Å². The molecule has 1 aromatic rings. The Hall–Kier alpha value is -0.700. The fraction of sp³-hybridized carbons (Fsp3) is 0.500. The molecule has 1 nitrogen and oxygen atoms in total. The van der Waals surface area contributed by atoms with Gasteiger partial charge in [-0.25, -0.2) is 4.39 Å². The van der Waals surface area contributed by atoms with E-state index in [4.69, 9.17) is 0 Å². The van der Waals surface area contributed by atoms with Gasteiger partial charge in [0.05, 0.1) is 10.8 Å². The van der Waals surface area contributed by atoms with Crippen LogP contribution in [0.1, 0.15) is 32.1 Å². The summed E-state index contributed by atoms with van der Waals surface area (Å²) in [6, 6.07) is 6.17. The predicted octanol–water partition coefficient (Wildman–Crippen LogP) is 3.27. The van der Waals surface area contributed by atoms with E-state index in [9.17, 15) is 8.60 Å². The lowest BCUT2D eigenvalue weighted by atomic mass is 10.0. The van der Waals surface area contributed by atoms with Crippen molar-refractivity contribution < 1.29 is 8.60 Å². The minimum atomic E-state index is -1.02. The van der Waals surface area contributed by atoms with Gasteiger partial charge in [0.25, 0.3) is 0 Å². The Morgan fingerprint density at radius 2 is 1.93 bits per heavy atom. The Labute approximate surface area is 92.2 Å². The highest BCUT2D eigenvalue weighted by Gasteiger charge is 2.21. The first-order valence-electron chi connectivity index (χ1n) is 5.43. The maximum Gasteiger partial charge on any atom is 0.124 e. The van der Waals surface area contributed by atoms with Gasteiger partial charge < -0.3 is 0 Å². The highest BCUT2D eigenvalue weighted by molar-refractivity contribution is 7.85. The molecule has 0 heterocycles. The average Bonchev–Trinajstić information content (AvgIpc) is 2.29. The second-order valence-electron chi connectivity index (χ2n) is 4.01. The van der Waals surface area contributed by atoms with Gasteiger partial charge in [-0.05, 0) is 31.0 Å². The average molecular weight is 226 g/mol. The number of rotatable bonds is 2. The monoisotopic (exact) mass is 226 g/mol. The summed E-state index contributed by atoms with van der Waals surface area (Å²) in [7, 11) is -1.02. The Kier molecular flexibility index (Phi) is 3.52. The third-order valence-electron chi connectivity index (χ3n) is 2.88. The van der Waals surface area contributed by atoms with Crippen LogP contribution >= 0.6 is 0 Å². The van der Waals surface area contributed by atoms with Crippen LogP contribution in [0, 0.1) is 5.82 Å². The van der Waals surface area contributed by atoms with Gasteiger partial charge in [0.2, 0.25) is 0 Å². The van der Waals surface area contributed by atoms with Crippen LogP contribution in [-0.2, 0) is 10.8 Å². The van der Waals surface area contributed by atoms with Crippen LogP contribution < -0.4 is 0 Å². The Balaban J connectivity index is 2.12. The largest absolute Gasteiger partial charge is 0.254 e. The normalized spacial score (nSPS) is 20.1. The van der Waals surface area contributed by atoms with Crippen LogP contribution in [0.2, 0.25) is 0 Å². The molecule has 0 aliphatic heterocycles. The molecule has 3 heteroatoms. The summed E-state index contributed by atoms with van der Waals surface area (Å²) in [6.07, 6.45) is 5.60. The molecule has 0 bridgehead atoms. The molecule has 0 aromatic heterocycles. The van der Waals surface area contributed by atoms with E-state index in [2.05, 4.69) is 0 Å². The van der Waals surface area contributed by atoms with Crippen LogP contribution in [0.15, 0.2) is 29.2 Å². The fourth-order valence-electron chi connectivity index (χ4n) is 2.06. The van der Waals surface area contributed by atoms with E-state index in [0.717, 1.165) is 25.7 Å². The zero-order valence-corrected chi connectivity index (χ0v) is 9.43. The first kappa shape index (κ1) is 10.8. The minimum absolute atomic E-state index is 0.237. The van der Waals surface area contributed by atoms with E-state index >= 15 is 0 Å². The molecule has 2 rings (SSSR count). The maximum absolute atomic E-state index is 13.0. The summed E-state index contributed by atoms with van der Waals surface area (Å²) in [6.45, 7) is 0. The molecule has 1 aliphatic carbocycles. The first-order valence-corrected chi connectivity index (χ1v) is 6.65. The number of benzene rings is 1. The molecule has 0 radical (unpaired) electrons. The van der Waals surface area contributed by atoms with E-state index in [1.165, 1.54) is 18.6 Å². The van der Waals surface area contributed by atoms with Crippen LogP contribution in [-0.4, -0.2) is 9.46 Å². The minimum Gasteiger partial charge on any atom is -0.254 e. The Morgan fingerprint density at radius 3 is 2.60 bits per heavy atom. The quantitative estimate of drug-likeness (QED) is 0.756. The molecular weight excluding hydrogens is 211 g/mol. The third kappa shape index (κ3) is 2.65. The lowest BCUT2D eigenvalue weighted by Gasteiger charge is -2.20. The van der Waals surface area contributed by atoms with E-state index in [-0.39, 0.29) is 11.1 Å². The van der Waals surface area contributed by atoms with Gasteiger partial charge in [0, 0.05) is 10.1 Å². The van der Waals surface area contributed by atoms with Crippen molar-refractivity contribution in [1.82, 2.24) is 0 Å². The highest BCUT2D eigenvalue weighted by Crippen LogP contribution is 2.25. The maximum atomic E-state index is 13.0. The molecular formula is C12H15FOS. The van der Waals surface area contributed by atoms with Crippen molar-refractivity contribution in [3.8, 4) is 0 Å². The van der Waals surface area contributed by atoms with E-state index in [0.29, 0.717) is 4.90 Å². The molecule has 0 N–H and O–H groups in total. The summed E-state index contributed by atoms with van der Waals surface area (Å²) < 4.78 is 25.1. The number of hydrogen-bond donors (Lipinski definition) is 0. The van der Waals surface area contributed by atoms with Gasteiger partial charge in [0.15, 0.2) is 0 Å². The van der Waals surface area contributed by atoms with Crippen molar-refractivity contribution in [3.05, 3.63) is 30.1 Å². The molecule has 0 saturated heterocycles. The summed E-state index contributed by atoms with van der Waals surface area (Å²) in [5.74, 6) is -0.295. The van der Waals surface area contributed by atoms with Crippen LogP contribution in [0.4, 0.5) is 4.39 Å². The zero-order chi connectivity index (χ0) is 10.7. The zero-order valence-electron chi connectivity index (χ0n) is 8.62. The molecule has 1 saturated carbocycles. The highest BCUT2D eigenvalue weighted by atomic mass is 32.2. The van der Waals surface area contributed by atoms with Gasteiger partial charge in [-0.1, -0.05) is 25.3 Å². The molecule has 1 unspecified atom stereocenters. The molecule has 1 aromatic carbocycles. The number of halogens is 1. The van der Waals surface area contributed by atoms with Gasteiger partial charge in [-0.2, -0.15) is 0 Å². The molecule has 0 amide bonds. The smallest absolute Gasteiger partial charge is 0.124 e. The van der Waals surface area contributed by atoms with Gasteiger partial charge in [-0.15, -0.1) is 0 Å². The molecule has 1 atom stereocenters. The van der Waals surface area contributed by atoms with Crippen LogP contribution in [0.5, 0.6) is 0 Å². The molecule has 82 valence electrons.